The minimum atomic E-state index is -0.117. The number of aryl methyl sites for hydroxylation is 2. The Kier molecular flexibility index (Phi) is 5.91. The summed E-state index contributed by atoms with van der Waals surface area (Å²) in [6.45, 7) is 9.27. The summed E-state index contributed by atoms with van der Waals surface area (Å²) in [6, 6.07) is 12.0. The van der Waals surface area contributed by atoms with E-state index in [1.54, 1.807) is 0 Å². The Hall–Kier alpha value is -2.66. The second kappa shape index (κ2) is 8.35. The topological polar surface area (TPSA) is 55.6 Å². The van der Waals surface area contributed by atoms with Crippen LogP contribution in [0, 0.1) is 13.8 Å². The van der Waals surface area contributed by atoms with Gasteiger partial charge in [0.25, 0.3) is 5.91 Å². The Bertz CT molecular complexity index is 927. The van der Waals surface area contributed by atoms with E-state index in [2.05, 4.69) is 5.32 Å². The van der Waals surface area contributed by atoms with E-state index in [4.69, 9.17) is 9.72 Å². The number of hydrogen-bond acceptors (Lipinski definition) is 3. The predicted octanol–water partition coefficient (Wildman–Crippen LogP) is 4.16. The summed E-state index contributed by atoms with van der Waals surface area (Å²) in [5, 5.41) is 3.01. The van der Waals surface area contributed by atoms with Gasteiger partial charge in [0.15, 0.2) is 0 Å². The molecule has 0 fully saturated rings. The lowest BCUT2D eigenvalue weighted by atomic mass is 10.1. The van der Waals surface area contributed by atoms with E-state index in [1.165, 1.54) is 5.56 Å². The van der Waals surface area contributed by atoms with Crippen LogP contribution in [0.5, 0.6) is 0 Å². The number of ether oxygens (including phenoxy) is 1. The van der Waals surface area contributed by atoms with Crippen molar-refractivity contribution in [3.8, 4) is 11.3 Å². The predicted molar refractivity (Wildman–Crippen MR) is 108 cm³/mol. The molecule has 1 N–H and O–H groups in total. The molecular formula is C22H27N3O2. The molecule has 3 rings (SSSR count). The molecule has 3 aromatic rings. The van der Waals surface area contributed by atoms with E-state index in [9.17, 15) is 4.79 Å². The second-order valence-electron chi connectivity index (χ2n) is 7.14. The van der Waals surface area contributed by atoms with E-state index in [-0.39, 0.29) is 12.0 Å². The summed E-state index contributed by atoms with van der Waals surface area (Å²) in [7, 11) is 0. The van der Waals surface area contributed by atoms with Crippen molar-refractivity contribution in [3.63, 3.8) is 0 Å². The molecule has 5 heteroatoms. The van der Waals surface area contributed by atoms with Crippen molar-refractivity contribution in [1.29, 1.82) is 0 Å². The van der Waals surface area contributed by atoms with Crippen LogP contribution in [-0.4, -0.2) is 34.5 Å². The molecule has 0 atom stereocenters. The molecule has 0 bridgehead atoms. The van der Waals surface area contributed by atoms with Crippen LogP contribution < -0.4 is 5.32 Å². The summed E-state index contributed by atoms with van der Waals surface area (Å²) < 4.78 is 7.42. The normalized spacial score (nSPS) is 11.3. The fourth-order valence-electron chi connectivity index (χ4n) is 2.96. The quantitative estimate of drug-likeness (QED) is 0.640. The van der Waals surface area contributed by atoms with Crippen molar-refractivity contribution in [1.82, 2.24) is 14.7 Å². The Balaban J connectivity index is 1.89. The molecule has 0 radical (unpaired) electrons. The van der Waals surface area contributed by atoms with Crippen molar-refractivity contribution >= 4 is 11.6 Å². The van der Waals surface area contributed by atoms with Crippen molar-refractivity contribution in [3.05, 3.63) is 59.4 Å². The van der Waals surface area contributed by atoms with Crippen LogP contribution in [-0.2, 0) is 4.74 Å². The SMILES string of the molecule is Cc1ccc(-c2nc3ccc(C)cn3c2C(=O)NCCCOC(C)C)cc1. The summed E-state index contributed by atoms with van der Waals surface area (Å²) >= 11 is 0. The van der Waals surface area contributed by atoms with Gasteiger partial charge >= 0.3 is 0 Å². The lowest BCUT2D eigenvalue weighted by molar-refractivity contribution is 0.0756. The van der Waals surface area contributed by atoms with Gasteiger partial charge in [-0.25, -0.2) is 4.98 Å². The molecule has 0 aliphatic heterocycles. The fourth-order valence-corrected chi connectivity index (χ4v) is 2.96. The molecule has 2 heterocycles. The van der Waals surface area contributed by atoms with Gasteiger partial charge in [-0.2, -0.15) is 0 Å². The highest BCUT2D eigenvalue weighted by molar-refractivity contribution is 5.99. The summed E-state index contributed by atoms with van der Waals surface area (Å²) in [5.74, 6) is -0.117. The highest BCUT2D eigenvalue weighted by atomic mass is 16.5. The maximum Gasteiger partial charge on any atom is 0.270 e. The molecular weight excluding hydrogens is 338 g/mol. The van der Waals surface area contributed by atoms with Crippen LogP contribution in [0.1, 0.15) is 41.9 Å². The molecule has 0 aliphatic carbocycles. The molecule has 0 spiro atoms. The Morgan fingerprint density at radius 1 is 1.11 bits per heavy atom. The number of fused-ring (bicyclic) bond motifs is 1. The van der Waals surface area contributed by atoms with Crippen LogP contribution >= 0.6 is 0 Å². The number of imidazole rings is 1. The van der Waals surface area contributed by atoms with Gasteiger partial charge in [-0.1, -0.05) is 35.9 Å². The summed E-state index contributed by atoms with van der Waals surface area (Å²) in [6.07, 6.45) is 2.94. The molecule has 0 aliphatic rings. The molecule has 0 saturated heterocycles. The zero-order chi connectivity index (χ0) is 19.4. The summed E-state index contributed by atoms with van der Waals surface area (Å²) in [5.41, 5.74) is 5.24. The molecule has 5 nitrogen and oxygen atoms in total. The van der Waals surface area contributed by atoms with Gasteiger partial charge in [-0.3, -0.25) is 9.20 Å². The first-order valence-corrected chi connectivity index (χ1v) is 9.41. The number of aromatic nitrogens is 2. The number of amides is 1. The number of nitrogens with one attached hydrogen (secondary N) is 1. The Morgan fingerprint density at radius 3 is 2.52 bits per heavy atom. The van der Waals surface area contributed by atoms with Crippen molar-refractivity contribution in [2.45, 2.75) is 40.2 Å². The molecule has 2 aromatic heterocycles. The first-order chi connectivity index (χ1) is 13.0. The van der Waals surface area contributed by atoms with E-state index < -0.39 is 0 Å². The molecule has 1 amide bonds. The minimum Gasteiger partial charge on any atom is -0.379 e. The molecule has 0 saturated carbocycles. The van der Waals surface area contributed by atoms with Crippen LogP contribution in [0.15, 0.2) is 42.6 Å². The Morgan fingerprint density at radius 2 is 1.81 bits per heavy atom. The zero-order valence-corrected chi connectivity index (χ0v) is 16.5. The van der Waals surface area contributed by atoms with Crippen LogP contribution in [0.25, 0.3) is 16.9 Å². The second-order valence-corrected chi connectivity index (χ2v) is 7.14. The standard InChI is InChI=1S/C22H27N3O2/c1-15(2)27-13-5-12-23-22(26)21-20(18-9-6-16(3)7-10-18)24-19-11-8-17(4)14-25(19)21/h6-11,14-15H,5,12-13H2,1-4H3,(H,23,26). The first-order valence-electron chi connectivity index (χ1n) is 9.41. The number of rotatable bonds is 7. The van der Waals surface area contributed by atoms with Crippen molar-refractivity contribution in [2.75, 3.05) is 13.2 Å². The molecule has 142 valence electrons. The monoisotopic (exact) mass is 365 g/mol. The van der Waals surface area contributed by atoms with Gasteiger partial charge in [0.05, 0.1) is 6.10 Å². The average Bonchev–Trinajstić information content (AvgIpc) is 3.00. The summed E-state index contributed by atoms with van der Waals surface area (Å²) in [4.78, 5) is 17.7. The fraction of sp³-hybridized carbons (Fsp3) is 0.364. The van der Waals surface area contributed by atoms with E-state index >= 15 is 0 Å². The molecule has 27 heavy (non-hydrogen) atoms. The highest BCUT2D eigenvalue weighted by Crippen LogP contribution is 2.25. The van der Waals surface area contributed by atoms with Gasteiger partial charge in [0.2, 0.25) is 0 Å². The largest absolute Gasteiger partial charge is 0.379 e. The smallest absolute Gasteiger partial charge is 0.270 e. The van der Waals surface area contributed by atoms with Crippen molar-refractivity contribution < 1.29 is 9.53 Å². The number of hydrogen-bond donors (Lipinski definition) is 1. The van der Waals surface area contributed by atoms with Gasteiger partial charge in [-0.15, -0.1) is 0 Å². The van der Waals surface area contributed by atoms with Gasteiger partial charge in [0, 0.05) is 24.9 Å². The zero-order valence-electron chi connectivity index (χ0n) is 16.5. The third-order valence-electron chi connectivity index (χ3n) is 4.36. The minimum absolute atomic E-state index is 0.117. The number of pyridine rings is 1. The third-order valence-corrected chi connectivity index (χ3v) is 4.36. The maximum absolute atomic E-state index is 13.0. The maximum atomic E-state index is 13.0. The number of carbonyl (C=O) groups is 1. The molecule has 1 aromatic carbocycles. The average molecular weight is 365 g/mol. The van der Waals surface area contributed by atoms with Gasteiger partial charge < -0.3 is 10.1 Å². The number of carbonyl (C=O) groups excluding carboxylic acids is 1. The Labute approximate surface area is 160 Å². The lowest BCUT2D eigenvalue weighted by Crippen LogP contribution is -2.27. The number of nitrogens with zero attached hydrogens (tertiary/aromatic N) is 2. The highest BCUT2D eigenvalue weighted by Gasteiger charge is 2.20. The van der Waals surface area contributed by atoms with E-state index in [0.29, 0.717) is 24.5 Å². The molecule has 0 unspecified atom stereocenters. The third kappa shape index (κ3) is 4.55. The first kappa shape index (κ1) is 19.1. The van der Waals surface area contributed by atoms with Crippen molar-refractivity contribution in [2.24, 2.45) is 0 Å². The van der Waals surface area contributed by atoms with Gasteiger partial charge in [0.1, 0.15) is 17.0 Å². The van der Waals surface area contributed by atoms with Crippen LogP contribution in [0.2, 0.25) is 0 Å². The van der Waals surface area contributed by atoms with Crippen LogP contribution in [0.3, 0.4) is 0 Å². The van der Waals surface area contributed by atoms with E-state index in [0.717, 1.165) is 23.2 Å². The van der Waals surface area contributed by atoms with Crippen LogP contribution in [0.4, 0.5) is 0 Å². The van der Waals surface area contributed by atoms with E-state index in [1.807, 2.05) is 74.7 Å². The lowest BCUT2D eigenvalue weighted by Gasteiger charge is -2.09. The number of benzene rings is 1. The van der Waals surface area contributed by atoms with Gasteiger partial charge in [-0.05, 0) is 45.7 Å².